The van der Waals surface area contributed by atoms with Crippen LogP contribution in [0.2, 0.25) is 0 Å². The quantitative estimate of drug-likeness (QED) is 0.551. The highest BCUT2D eigenvalue weighted by Gasteiger charge is 2.17. The van der Waals surface area contributed by atoms with Gasteiger partial charge in [-0.05, 0) is 37.7 Å². The molecule has 5 nitrogen and oxygen atoms in total. The Kier molecular flexibility index (Phi) is 5.09. The molecule has 0 saturated carbocycles. The molecule has 0 heterocycles. The van der Waals surface area contributed by atoms with E-state index >= 15 is 0 Å². The molecule has 1 rings (SSSR count). The first-order chi connectivity index (χ1) is 8.06. The largest absolute Gasteiger partial charge is 0.390 e. The van der Waals surface area contributed by atoms with Gasteiger partial charge in [0.25, 0.3) is 0 Å². The highest BCUT2D eigenvalue weighted by Crippen LogP contribution is 2.19. The van der Waals surface area contributed by atoms with Crippen molar-refractivity contribution in [1.29, 1.82) is 0 Å². The van der Waals surface area contributed by atoms with E-state index in [4.69, 9.17) is 5.73 Å². The maximum absolute atomic E-state index is 10.9. The van der Waals surface area contributed by atoms with Crippen molar-refractivity contribution < 1.29 is 15.0 Å². The molecule has 1 aromatic rings. The standard InChI is InChI=1S/C12H18N2O3/c1-14-7-6-10(15)11(16)8-2-4-9(5-3-8)12(13)17/h2-5,10-11,14-16H,6-7H2,1H3,(H2,13,17). The van der Waals surface area contributed by atoms with Gasteiger partial charge in [0.15, 0.2) is 0 Å². The van der Waals surface area contributed by atoms with Gasteiger partial charge in [-0.1, -0.05) is 12.1 Å². The first-order valence-electron chi connectivity index (χ1n) is 5.46. The fraction of sp³-hybridized carbons (Fsp3) is 0.417. The average molecular weight is 238 g/mol. The number of nitrogens with one attached hydrogen (secondary N) is 1. The first-order valence-corrected chi connectivity index (χ1v) is 5.46. The molecule has 0 fully saturated rings. The molecule has 0 spiro atoms. The van der Waals surface area contributed by atoms with E-state index < -0.39 is 18.1 Å². The fourth-order valence-corrected chi connectivity index (χ4v) is 1.52. The van der Waals surface area contributed by atoms with Crippen LogP contribution >= 0.6 is 0 Å². The zero-order chi connectivity index (χ0) is 12.8. The van der Waals surface area contributed by atoms with E-state index in [1.807, 2.05) is 0 Å². The predicted molar refractivity (Wildman–Crippen MR) is 64.5 cm³/mol. The van der Waals surface area contributed by atoms with Crippen molar-refractivity contribution in [2.24, 2.45) is 5.73 Å². The van der Waals surface area contributed by atoms with Crippen molar-refractivity contribution >= 4 is 5.91 Å². The molecule has 5 N–H and O–H groups in total. The Hall–Kier alpha value is -1.43. The molecule has 0 saturated heterocycles. The van der Waals surface area contributed by atoms with Gasteiger partial charge in [-0.2, -0.15) is 0 Å². The Morgan fingerprint density at radius 1 is 1.35 bits per heavy atom. The highest BCUT2D eigenvalue weighted by molar-refractivity contribution is 5.92. The monoisotopic (exact) mass is 238 g/mol. The summed E-state index contributed by atoms with van der Waals surface area (Å²) in [6.07, 6.45) is -1.33. The van der Waals surface area contributed by atoms with Crippen LogP contribution in [0, 0.1) is 0 Å². The molecule has 94 valence electrons. The van der Waals surface area contributed by atoms with Crippen LogP contribution in [0.3, 0.4) is 0 Å². The lowest BCUT2D eigenvalue weighted by atomic mass is 10.0. The molecule has 0 aliphatic carbocycles. The summed E-state index contributed by atoms with van der Waals surface area (Å²) in [5.41, 5.74) is 6.05. The number of hydrogen-bond acceptors (Lipinski definition) is 4. The maximum atomic E-state index is 10.9. The van der Waals surface area contributed by atoms with Crippen molar-refractivity contribution in [1.82, 2.24) is 5.32 Å². The Bertz CT molecular complexity index is 365. The first kappa shape index (κ1) is 13.6. The van der Waals surface area contributed by atoms with E-state index in [2.05, 4.69) is 5.32 Å². The summed E-state index contributed by atoms with van der Waals surface area (Å²) in [4.78, 5) is 10.9. The van der Waals surface area contributed by atoms with Gasteiger partial charge in [0.2, 0.25) is 5.91 Å². The van der Waals surface area contributed by atoms with Crippen LogP contribution in [-0.4, -0.2) is 35.8 Å². The third-order valence-electron chi connectivity index (χ3n) is 2.59. The molecular weight excluding hydrogens is 220 g/mol. The number of carbonyl (C=O) groups excluding carboxylic acids is 1. The van der Waals surface area contributed by atoms with E-state index in [1.165, 1.54) is 12.1 Å². The van der Waals surface area contributed by atoms with Crippen LogP contribution < -0.4 is 11.1 Å². The Labute approximate surface area is 100 Å². The number of nitrogens with two attached hydrogens (primary N) is 1. The van der Waals surface area contributed by atoms with Crippen molar-refractivity contribution in [2.45, 2.75) is 18.6 Å². The Morgan fingerprint density at radius 2 is 1.94 bits per heavy atom. The Morgan fingerprint density at radius 3 is 2.41 bits per heavy atom. The van der Waals surface area contributed by atoms with Crippen molar-refractivity contribution in [3.8, 4) is 0 Å². The molecule has 0 bridgehead atoms. The SMILES string of the molecule is CNCCC(O)C(O)c1ccc(C(N)=O)cc1. The topological polar surface area (TPSA) is 95.6 Å². The predicted octanol–water partition coefficient (Wildman–Crippen LogP) is -0.211. The molecule has 1 amide bonds. The number of aliphatic hydroxyl groups is 2. The van der Waals surface area contributed by atoms with Gasteiger partial charge in [0.05, 0.1) is 6.10 Å². The van der Waals surface area contributed by atoms with Gasteiger partial charge >= 0.3 is 0 Å². The van der Waals surface area contributed by atoms with Crippen LogP contribution in [0.25, 0.3) is 0 Å². The lowest BCUT2D eigenvalue weighted by molar-refractivity contribution is 0.0140. The second kappa shape index (κ2) is 6.34. The van der Waals surface area contributed by atoms with E-state index in [-0.39, 0.29) is 0 Å². The molecule has 0 aliphatic rings. The zero-order valence-corrected chi connectivity index (χ0v) is 9.76. The minimum atomic E-state index is -0.953. The summed E-state index contributed by atoms with van der Waals surface area (Å²) in [7, 11) is 1.78. The normalized spacial score (nSPS) is 14.3. The van der Waals surface area contributed by atoms with E-state index in [9.17, 15) is 15.0 Å². The van der Waals surface area contributed by atoms with Crippen LogP contribution in [0.5, 0.6) is 0 Å². The fourth-order valence-electron chi connectivity index (χ4n) is 1.52. The number of carbonyl (C=O) groups is 1. The molecule has 1 aromatic carbocycles. The second-order valence-corrected chi connectivity index (χ2v) is 3.89. The molecular formula is C12H18N2O3. The molecule has 17 heavy (non-hydrogen) atoms. The number of hydrogen-bond donors (Lipinski definition) is 4. The average Bonchev–Trinajstić information content (AvgIpc) is 2.35. The van der Waals surface area contributed by atoms with Crippen molar-refractivity contribution in [3.63, 3.8) is 0 Å². The number of amides is 1. The van der Waals surface area contributed by atoms with Crippen molar-refractivity contribution in [3.05, 3.63) is 35.4 Å². The molecule has 0 radical (unpaired) electrons. The van der Waals surface area contributed by atoms with Crippen LogP contribution in [0.1, 0.15) is 28.4 Å². The second-order valence-electron chi connectivity index (χ2n) is 3.89. The third-order valence-corrected chi connectivity index (χ3v) is 2.59. The zero-order valence-electron chi connectivity index (χ0n) is 9.76. The molecule has 2 atom stereocenters. The van der Waals surface area contributed by atoms with Crippen LogP contribution in [0.4, 0.5) is 0 Å². The smallest absolute Gasteiger partial charge is 0.248 e. The third kappa shape index (κ3) is 3.81. The van der Waals surface area contributed by atoms with E-state index in [1.54, 1.807) is 19.2 Å². The van der Waals surface area contributed by atoms with Gasteiger partial charge in [0, 0.05) is 5.56 Å². The summed E-state index contributed by atoms with van der Waals surface area (Å²) < 4.78 is 0. The van der Waals surface area contributed by atoms with E-state index in [0.29, 0.717) is 24.1 Å². The number of aliphatic hydroxyl groups excluding tert-OH is 2. The summed E-state index contributed by atoms with van der Waals surface area (Å²) >= 11 is 0. The Balaban J connectivity index is 2.68. The van der Waals surface area contributed by atoms with Gasteiger partial charge < -0.3 is 21.3 Å². The van der Waals surface area contributed by atoms with Crippen molar-refractivity contribution in [2.75, 3.05) is 13.6 Å². The number of primary amides is 1. The minimum Gasteiger partial charge on any atom is -0.390 e. The summed E-state index contributed by atoms with van der Waals surface area (Å²) in [6.45, 7) is 0.623. The lowest BCUT2D eigenvalue weighted by Crippen LogP contribution is -2.23. The van der Waals surface area contributed by atoms with Crippen LogP contribution in [-0.2, 0) is 0 Å². The molecule has 0 aliphatic heterocycles. The van der Waals surface area contributed by atoms with E-state index in [0.717, 1.165) is 0 Å². The summed E-state index contributed by atoms with van der Waals surface area (Å²) in [5.74, 6) is -0.512. The molecule has 2 unspecified atom stereocenters. The van der Waals surface area contributed by atoms with Gasteiger partial charge in [0.1, 0.15) is 6.10 Å². The van der Waals surface area contributed by atoms with Gasteiger partial charge in [-0.15, -0.1) is 0 Å². The lowest BCUT2D eigenvalue weighted by Gasteiger charge is -2.18. The maximum Gasteiger partial charge on any atom is 0.248 e. The van der Waals surface area contributed by atoms with Gasteiger partial charge in [-0.25, -0.2) is 0 Å². The highest BCUT2D eigenvalue weighted by atomic mass is 16.3. The summed E-state index contributed by atoms with van der Waals surface area (Å²) in [6, 6.07) is 6.25. The van der Waals surface area contributed by atoms with Crippen LogP contribution in [0.15, 0.2) is 24.3 Å². The number of rotatable bonds is 6. The number of benzene rings is 1. The molecule has 5 heteroatoms. The summed E-state index contributed by atoms with van der Waals surface area (Å²) in [5, 5.41) is 22.4. The molecule has 0 aromatic heterocycles. The van der Waals surface area contributed by atoms with Gasteiger partial charge in [-0.3, -0.25) is 4.79 Å². The minimum absolute atomic E-state index is 0.380.